The highest BCUT2D eigenvalue weighted by Gasteiger charge is 2.40. The number of anilines is 2. The van der Waals surface area contributed by atoms with Crippen LogP contribution in [0.1, 0.15) is 55.5 Å². The molecule has 0 fully saturated rings. The zero-order chi connectivity index (χ0) is 40.6. The first-order valence-corrected chi connectivity index (χ1v) is 21.3. The van der Waals surface area contributed by atoms with Gasteiger partial charge in [-0.15, -0.1) is 0 Å². The third kappa shape index (κ3) is 5.68. The second-order valence-electron chi connectivity index (χ2n) is 17.7. The molecular formula is C59H47N. The fourth-order valence-corrected chi connectivity index (χ4v) is 10.5. The third-order valence-corrected chi connectivity index (χ3v) is 13.5. The second-order valence-corrected chi connectivity index (χ2v) is 17.7. The van der Waals surface area contributed by atoms with Gasteiger partial charge in [-0.25, -0.2) is 0 Å². The summed E-state index contributed by atoms with van der Waals surface area (Å²) in [5, 5.41) is 2.62. The smallest absolute Gasteiger partial charge is 0.0487 e. The van der Waals surface area contributed by atoms with Gasteiger partial charge in [0, 0.05) is 28.7 Å². The number of benzene rings is 9. The molecule has 0 saturated heterocycles. The molecule has 0 unspecified atom stereocenters. The van der Waals surface area contributed by atoms with Crippen molar-refractivity contribution in [3.63, 3.8) is 0 Å². The highest BCUT2D eigenvalue weighted by molar-refractivity contribution is 6.05. The Bertz CT molecular complexity index is 3100. The Morgan fingerprint density at radius 3 is 1.70 bits per heavy atom. The average Bonchev–Trinajstić information content (AvgIpc) is 3.68. The number of hydrogen-bond donors (Lipinski definition) is 0. The van der Waals surface area contributed by atoms with E-state index < -0.39 is 0 Å². The molecule has 2 aliphatic carbocycles. The molecule has 11 rings (SSSR count). The lowest BCUT2D eigenvalue weighted by Crippen LogP contribution is -2.20. The number of fused-ring (bicyclic) bond motifs is 8. The second kappa shape index (κ2) is 13.8. The van der Waals surface area contributed by atoms with Crippen LogP contribution in [0.4, 0.5) is 11.4 Å². The topological polar surface area (TPSA) is 3.24 Å². The summed E-state index contributed by atoms with van der Waals surface area (Å²) in [6.07, 6.45) is 0. The van der Waals surface area contributed by atoms with Crippen LogP contribution in [0.25, 0.3) is 66.4 Å². The molecule has 0 saturated carbocycles. The summed E-state index contributed by atoms with van der Waals surface area (Å²) in [7, 11) is 0. The minimum absolute atomic E-state index is 0.113. The van der Waals surface area contributed by atoms with Crippen molar-refractivity contribution in [2.75, 3.05) is 4.90 Å². The lowest BCUT2D eigenvalue weighted by molar-refractivity contribution is 0.660. The first-order chi connectivity index (χ1) is 29.3. The molecule has 0 radical (unpaired) electrons. The Hall–Kier alpha value is -6.96. The Kier molecular flexibility index (Phi) is 8.33. The molecule has 60 heavy (non-hydrogen) atoms. The van der Waals surface area contributed by atoms with Crippen molar-refractivity contribution in [2.45, 2.75) is 45.1 Å². The monoisotopic (exact) mass is 769 g/mol. The van der Waals surface area contributed by atoms with E-state index in [0.29, 0.717) is 6.54 Å². The van der Waals surface area contributed by atoms with Crippen molar-refractivity contribution in [1.29, 1.82) is 0 Å². The standard InChI is InChI=1S/C59H47N/c1-58(2)53-26-16-15-25-49(53)50-33-31-46(37-55(50)58)60(38-44-22-12-13-23-47(44)42-29-27-40(28-30-42)39-17-7-5-8-18-39)45-32-34-54-52(36-45)56-51(41-19-9-6-10-20-41)35-43-21-11-14-24-48(43)57(56)59(54,3)4/h5-37H,38H2,1-4H3. The van der Waals surface area contributed by atoms with Gasteiger partial charge in [-0.1, -0.05) is 198 Å². The molecule has 1 nitrogen and oxygen atoms in total. The summed E-state index contributed by atoms with van der Waals surface area (Å²) in [5.74, 6) is 0. The van der Waals surface area contributed by atoms with Crippen LogP contribution in [0.15, 0.2) is 200 Å². The number of hydrogen-bond acceptors (Lipinski definition) is 1. The third-order valence-electron chi connectivity index (χ3n) is 13.5. The van der Waals surface area contributed by atoms with E-state index in [4.69, 9.17) is 0 Å². The number of rotatable bonds is 7. The van der Waals surface area contributed by atoms with Gasteiger partial charge in [0.1, 0.15) is 0 Å². The molecule has 0 bridgehead atoms. The zero-order valence-electron chi connectivity index (χ0n) is 34.7. The van der Waals surface area contributed by atoms with Gasteiger partial charge >= 0.3 is 0 Å². The maximum atomic E-state index is 2.56. The maximum Gasteiger partial charge on any atom is 0.0487 e. The predicted octanol–water partition coefficient (Wildman–Crippen LogP) is 15.8. The van der Waals surface area contributed by atoms with Crippen molar-refractivity contribution >= 4 is 22.1 Å². The normalized spacial score (nSPS) is 14.0. The Labute approximate surface area is 354 Å². The molecule has 0 N–H and O–H groups in total. The minimum atomic E-state index is -0.180. The molecule has 9 aromatic carbocycles. The lowest BCUT2D eigenvalue weighted by atomic mass is 9.79. The van der Waals surface area contributed by atoms with E-state index >= 15 is 0 Å². The van der Waals surface area contributed by atoms with E-state index in [9.17, 15) is 0 Å². The zero-order valence-corrected chi connectivity index (χ0v) is 34.7. The summed E-state index contributed by atoms with van der Waals surface area (Å²) < 4.78 is 0. The van der Waals surface area contributed by atoms with Crippen LogP contribution >= 0.6 is 0 Å². The molecule has 0 spiro atoms. The Morgan fingerprint density at radius 1 is 0.367 bits per heavy atom. The van der Waals surface area contributed by atoms with Crippen molar-refractivity contribution < 1.29 is 0 Å². The van der Waals surface area contributed by atoms with Crippen LogP contribution in [0.5, 0.6) is 0 Å². The first kappa shape index (κ1) is 36.1. The highest BCUT2D eigenvalue weighted by Crippen LogP contribution is 2.56. The summed E-state index contributed by atoms with van der Waals surface area (Å²) in [6, 6.07) is 74.4. The van der Waals surface area contributed by atoms with Gasteiger partial charge in [0.15, 0.2) is 0 Å². The largest absolute Gasteiger partial charge is 0.337 e. The van der Waals surface area contributed by atoms with E-state index in [2.05, 4.69) is 233 Å². The van der Waals surface area contributed by atoms with Gasteiger partial charge in [-0.05, 0) is 125 Å². The molecule has 9 aromatic rings. The molecular weight excluding hydrogens is 723 g/mol. The van der Waals surface area contributed by atoms with Crippen LogP contribution < -0.4 is 4.90 Å². The van der Waals surface area contributed by atoms with Gasteiger partial charge in [0.05, 0.1) is 0 Å². The number of nitrogens with zero attached hydrogens (tertiary/aromatic N) is 1. The minimum Gasteiger partial charge on any atom is -0.337 e. The maximum absolute atomic E-state index is 2.56. The predicted molar refractivity (Wildman–Crippen MR) is 254 cm³/mol. The van der Waals surface area contributed by atoms with Crippen LogP contribution in [-0.2, 0) is 17.4 Å². The van der Waals surface area contributed by atoms with Crippen LogP contribution in [0, 0.1) is 0 Å². The fourth-order valence-electron chi connectivity index (χ4n) is 10.5. The summed E-state index contributed by atoms with van der Waals surface area (Å²) >= 11 is 0. The average molecular weight is 770 g/mol. The van der Waals surface area contributed by atoms with E-state index in [0.717, 1.165) is 0 Å². The van der Waals surface area contributed by atoms with Gasteiger partial charge in [0.2, 0.25) is 0 Å². The van der Waals surface area contributed by atoms with E-state index in [1.807, 2.05) is 0 Å². The summed E-state index contributed by atoms with van der Waals surface area (Å²) in [6.45, 7) is 10.3. The van der Waals surface area contributed by atoms with Crippen molar-refractivity contribution in [3.8, 4) is 55.6 Å². The molecule has 288 valence electrons. The van der Waals surface area contributed by atoms with Crippen molar-refractivity contribution in [2.24, 2.45) is 0 Å². The molecule has 0 atom stereocenters. The molecule has 0 aromatic heterocycles. The van der Waals surface area contributed by atoms with Gasteiger partial charge in [-0.3, -0.25) is 0 Å². The van der Waals surface area contributed by atoms with Crippen molar-refractivity contribution in [1.82, 2.24) is 0 Å². The van der Waals surface area contributed by atoms with E-state index in [1.54, 1.807) is 0 Å². The van der Waals surface area contributed by atoms with Gasteiger partial charge in [0.25, 0.3) is 0 Å². The van der Waals surface area contributed by atoms with Crippen LogP contribution in [-0.4, -0.2) is 0 Å². The Balaban J connectivity index is 1.09. The van der Waals surface area contributed by atoms with E-state index in [1.165, 1.54) is 106 Å². The van der Waals surface area contributed by atoms with Crippen LogP contribution in [0.3, 0.4) is 0 Å². The molecule has 0 heterocycles. The molecule has 0 amide bonds. The highest BCUT2D eigenvalue weighted by atomic mass is 15.1. The summed E-state index contributed by atoms with van der Waals surface area (Å²) in [4.78, 5) is 2.56. The Morgan fingerprint density at radius 2 is 0.917 bits per heavy atom. The van der Waals surface area contributed by atoms with E-state index in [-0.39, 0.29) is 10.8 Å². The first-order valence-electron chi connectivity index (χ1n) is 21.3. The quantitative estimate of drug-likeness (QED) is 0.156. The molecule has 1 heteroatoms. The van der Waals surface area contributed by atoms with Crippen molar-refractivity contribution in [3.05, 3.63) is 228 Å². The fraction of sp³-hybridized carbons (Fsp3) is 0.119. The summed E-state index contributed by atoms with van der Waals surface area (Å²) in [5.41, 5.74) is 21.8. The molecule has 2 aliphatic rings. The van der Waals surface area contributed by atoms with Gasteiger partial charge < -0.3 is 4.90 Å². The SMILES string of the molecule is CC1(C)c2ccccc2-c2ccc(N(Cc3ccccc3-c3ccc(-c4ccccc4)cc3)c3ccc4c(c3)-c3c(-c5ccccc5)cc5ccccc5c3C4(C)C)cc21. The molecule has 0 aliphatic heterocycles. The van der Waals surface area contributed by atoms with Crippen LogP contribution in [0.2, 0.25) is 0 Å². The van der Waals surface area contributed by atoms with Gasteiger partial charge in [-0.2, -0.15) is 0 Å². The lowest BCUT2D eigenvalue weighted by Gasteiger charge is -2.30.